The number of carbonyl (C=O) groups excluding carboxylic acids is 1. The summed E-state index contributed by atoms with van der Waals surface area (Å²) in [6.07, 6.45) is 3.55. The van der Waals surface area contributed by atoms with E-state index in [1.165, 1.54) is 0 Å². The van der Waals surface area contributed by atoms with Gasteiger partial charge in [-0.3, -0.25) is 4.79 Å². The SMILES string of the molecule is C=C(C=O)CCCCN. The van der Waals surface area contributed by atoms with Crippen LogP contribution in [-0.4, -0.2) is 12.8 Å². The van der Waals surface area contributed by atoms with Gasteiger partial charge in [-0.05, 0) is 31.4 Å². The first-order chi connectivity index (χ1) is 4.31. The normalized spacial score (nSPS) is 9.00. The molecule has 0 rings (SSSR count). The molecule has 0 spiro atoms. The molecule has 0 aliphatic heterocycles. The van der Waals surface area contributed by atoms with Gasteiger partial charge in [0.2, 0.25) is 0 Å². The first-order valence-electron chi connectivity index (χ1n) is 3.14. The summed E-state index contributed by atoms with van der Waals surface area (Å²) in [5, 5.41) is 0. The zero-order chi connectivity index (χ0) is 7.11. The molecule has 9 heavy (non-hydrogen) atoms. The van der Waals surface area contributed by atoms with Crippen molar-refractivity contribution in [2.45, 2.75) is 19.3 Å². The van der Waals surface area contributed by atoms with Crippen molar-refractivity contribution in [1.29, 1.82) is 0 Å². The lowest BCUT2D eigenvalue weighted by Gasteiger charge is -1.94. The molecule has 2 heteroatoms. The molecule has 0 heterocycles. The second-order valence-corrected chi connectivity index (χ2v) is 2.02. The Labute approximate surface area is 55.7 Å². The molecule has 2 N–H and O–H groups in total. The van der Waals surface area contributed by atoms with E-state index in [4.69, 9.17) is 5.73 Å². The zero-order valence-corrected chi connectivity index (χ0v) is 5.60. The Bertz CT molecular complexity index is 99.1. The van der Waals surface area contributed by atoms with Gasteiger partial charge in [-0.25, -0.2) is 0 Å². The second-order valence-electron chi connectivity index (χ2n) is 2.02. The van der Waals surface area contributed by atoms with E-state index in [1.54, 1.807) is 0 Å². The average molecular weight is 127 g/mol. The van der Waals surface area contributed by atoms with Crippen LogP contribution in [0.15, 0.2) is 12.2 Å². The van der Waals surface area contributed by atoms with Gasteiger partial charge >= 0.3 is 0 Å². The maximum absolute atomic E-state index is 9.97. The van der Waals surface area contributed by atoms with E-state index in [-0.39, 0.29) is 0 Å². The van der Waals surface area contributed by atoms with E-state index in [1.807, 2.05) is 0 Å². The van der Waals surface area contributed by atoms with Crippen LogP contribution < -0.4 is 5.73 Å². The molecule has 0 atom stereocenters. The van der Waals surface area contributed by atoms with Crippen molar-refractivity contribution in [3.63, 3.8) is 0 Å². The lowest BCUT2D eigenvalue weighted by atomic mass is 10.1. The van der Waals surface area contributed by atoms with E-state index in [0.29, 0.717) is 12.1 Å². The topological polar surface area (TPSA) is 43.1 Å². The summed E-state index contributed by atoms with van der Waals surface area (Å²) in [7, 11) is 0. The third kappa shape index (κ3) is 5.24. The molecule has 52 valence electrons. The lowest BCUT2D eigenvalue weighted by molar-refractivity contribution is -0.105. The van der Waals surface area contributed by atoms with Crippen LogP contribution in [0.25, 0.3) is 0 Å². The first-order valence-corrected chi connectivity index (χ1v) is 3.14. The lowest BCUT2D eigenvalue weighted by Crippen LogP contribution is -1.98. The second kappa shape index (κ2) is 5.51. The van der Waals surface area contributed by atoms with Gasteiger partial charge in [0.05, 0.1) is 0 Å². The number of allylic oxidation sites excluding steroid dienone is 1. The fraction of sp³-hybridized carbons (Fsp3) is 0.571. The van der Waals surface area contributed by atoms with Crippen LogP contribution in [0.3, 0.4) is 0 Å². The molecule has 2 nitrogen and oxygen atoms in total. The molecule has 0 saturated heterocycles. The molecule has 0 fully saturated rings. The van der Waals surface area contributed by atoms with Crippen molar-refractivity contribution in [2.24, 2.45) is 5.73 Å². The smallest absolute Gasteiger partial charge is 0.145 e. The number of nitrogens with two attached hydrogens (primary N) is 1. The van der Waals surface area contributed by atoms with Gasteiger partial charge in [0.15, 0.2) is 0 Å². The Morgan fingerprint density at radius 1 is 1.56 bits per heavy atom. The largest absolute Gasteiger partial charge is 0.330 e. The maximum Gasteiger partial charge on any atom is 0.145 e. The molecule has 0 aromatic heterocycles. The van der Waals surface area contributed by atoms with Gasteiger partial charge in [0.1, 0.15) is 6.29 Å². The number of aldehydes is 1. The number of rotatable bonds is 5. The number of hydrogen-bond donors (Lipinski definition) is 1. The van der Waals surface area contributed by atoms with Gasteiger partial charge in [-0.1, -0.05) is 6.58 Å². The Morgan fingerprint density at radius 2 is 2.22 bits per heavy atom. The summed E-state index contributed by atoms with van der Waals surface area (Å²) in [5.41, 5.74) is 5.91. The van der Waals surface area contributed by atoms with Crippen LogP contribution in [0, 0.1) is 0 Å². The molecule has 0 bridgehead atoms. The van der Waals surface area contributed by atoms with Gasteiger partial charge in [0.25, 0.3) is 0 Å². The zero-order valence-electron chi connectivity index (χ0n) is 5.60. The standard InChI is InChI=1S/C7H13NO/c1-7(6-9)4-2-3-5-8/h6H,1-5,8H2. The van der Waals surface area contributed by atoms with E-state index < -0.39 is 0 Å². The predicted octanol–water partition coefficient (Wildman–Crippen LogP) is 0.871. The fourth-order valence-corrected chi connectivity index (χ4v) is 0.555. The molecule has 0 aromatic carbocycles. The van der Waals surface area contributed by atoms with E-state index in [9.17, 15) is 4.79 Å². The Hall–Kier alpha value is -0.630. The van der Waals surface area contributed by atoms with Crippen molar-refractivity contribution >= 4 is 6.29 Å². The molecule has 0 saturated carbocycles. The average Bonchev–Trinajstić information content (AvgIpc) is 1.89. The third-order valence-corrected chi connectivity index (χ3v) is 1.12. The first kappa shape index (κ1) is 8.37. The summed E-state index contributed by atoms with van der Waals surface area (Å²) in [6, 6.07) is 0. The Kier molecular flexibility index (Phi) is 5.12. The van der Waals surface area contributed by atoms with Crippen LogP contribution in [0.4, 0.5) is 0 Å². The maximum atomic E-state index is 9.97. The monoisotopic (exact) mass is 127 g/mol. The molecular weight excluding hydrogens is 114 g/mol. The molecule has 0 amide bonds. The highest BCUT2D eigenvalue weighted by Gasteiger charge is 1.89. The minimum absolute atomic E-state index is 0.670. The fourth-order valence-electron chi connectivity index (χ4n) is 0.555. The number of unbranched alkanes of at least 4 members (excludes halogenated alkanes) is 1. The summed E-state index contributed by atoms with van der Waals surface area (Å²) >= 11 is 0. The molecule has 0 unspecified atom stereocenters. The van der Waals surface area contributed by atoms with Gasteiger partial charge in [-0.15, -0.1) is 0 Å². The highest BCUT2D eigenvalue weighted by molar-refractivity contribution is 5.71. The van der Waals surface area contributed by atoms with Crippen molar-refractivity contribution < 1.29 is 4.79 Å². The summed E-state index contributed by atoms with van der Waals surface area (Å²) in [6.45, 7) is 4.24. The van der Waals surface area contributed by atoms with E-state index >= 15 is 0 Å². The van der Waals surface area contributed by atoms with Gasteiger partial charge in [0, 0.05) is 0 Å². The summed E-state index contributed by atoms with van der Waals surface area (Å²) in [5.74, 6) is 0. The minimum atomic E-state index is 0.670. The Morgan fingerprint density at radius 3 is 2.67 bits per heavy atom. The van der Waals surface area contributed by atoms with Crippen LogP contribution in [-0.2, 0) is 4.79 Å². The van der Waals surface area contributed by atoms with Gasteiger partial charge < -0.3 is 5.73 Å². The third-order valence-electron chi connectivity index (χ3n) is 1.12. The number of hydrogen-bond acceptors (Lipinski definition) is 2. The highest BCUT2D eigenvalue weighted by atomic mass is 16.1. The minimum Gasteiger partial charge on any atom is -0.330 e. The Balaban J connectivity index is 3.07. The van der Waals surface area contributed by atoms with Crippen molar-refractivity contribution in [3.05, 3.63) is 12.2 Å². The summed E-state index contributed by atoms with van der Waals surface area (Å²) in [4.78, 5) is 9.97. The van der Waals surface area contributed by atoms with Crippen LogP contribution in [0.5, 0.6) is 0 Å². The molecule has 0 radical (unpaired) electrons. The predicted molar refractivity (Wildman–Crippen MR) is 38.1 cm³/mol. The van der Waals surface area contributed by atoms with E-state index in [2.05, 4.69) is 6.58 Å². The summed E-state index contributed by atoms with van der Waals surface area (Å²) < 4.78 is 0. The van der Waals surface area contributed by atoms with Crippen LogP contribution >= 0.6 is 0 Å². The van der Waals surface area contributed by atoms with E-state index in [0.717, 1.165) is 25.5 Å². The quantitative estimate of drug-likeness (QED) is 0.338. The van der Waals surface area contributed by atoms with Crippen molar-refractivity contribution in [2.75, 3.05) is 6.54 Å². The molecule has 0 aliphatic carbocycles. The van der Waals surface area contributed by atoms with Gasteiger partial charge in [-0.2, -0.15) is 0 Å². The molecular formula is C7H13NO. The highest BCUT2D eigenvalue weighted by Crippen LogP contribution is 2.00. The van der Waals surface area contributed by atoms with Crippen molar-refractivity contribution in [3.8, 4) is 0 Å². The van der Waals surface area contributed by atoms with Crippen molar-refractivity contribution in [1.82, 2.24) is 0 Å². The van der Waals surface area contributed by atoms with Crippen LogP contribution in [0.2, 0.25) is 0 Å². The molecule has 0 aliphatic rings. The number of carbonyl (C=O) groups is 1. The molecule has 0 aromatic rings. The van der Waals surface area contributed by atoms with Crippen LogP contribution in [0.1, 0.15) is 19.3 Å².